The number of amides is 1. The van der Waals surface area contributed by atoms with Crippen molar-refractivity contribution in [2.24, 2.45) is 41.4 Å². The Labute approximate surface area is 115 Å². The highest BCUT2D eigenvalue weighted by Gasteiger charge is 2.68. The second kappa shape index (κ2) is 3.75. The molecule has 5 rings (SSSR count). The molecule has 0 aromatic heterocycles. The maximum absolute atomic E-state index is 12.8. The molecule has 3 heteroatoms. The summed E-state index contributed by atoms with van der Waals surface area (Å²) < 4.78 is 0. The average Bonchev–Trinajstić information content (AvgIpc) is 2.84. The van der Waals surface area contributed by atoms with Gasteiger partial charge in [-0.2, -0.15) is 0 Å². The lowest BCUT2D eigenvalue weighted by molar-refractivity contribution is -0.135. The van der Waals surface area contributed by atoms with Crippen LogP contribution in [-0.2, 0) is 4.79 Å². The van der Waals surface area contributed by atoms with Gasteiger partial charge in [-0.25, -0.2) is 0 Å². The molecule has 0 aromatic rings. The Bertz CT molecular complexity index is 407. The van der Waals surface area contributed by atoms with Crippen molar-refractivity contribution in [1.82, 2.24) is 10.2 Å². The second-order valence-electron chi connectivity index (χ2n) is 7.77. The minimum absolute atomic E-state index is 0.456. The lowest BCUT2D eigenvalue weighted by Crippen LogP contribution is -2.44. The number of hydrogen-bond donors (Lipinski definition) is 1. The molecule has 6 unspecified atom stereocenters. The van der Waals surface area contributed by atoms with Gasteiger partial charge < -0.3 is 10.2 Å². The fourth-order valence-electron chi connectivity index (χ4n) is 6.10. The minimum Gasteiger partial charge on any atom is -0.342 e. The van der Waals surface area contributed by atoms with Gasteiger partial charge in [0.05, 0.1) is 0 Å². The highest BCUT2D eigenvalue weighted by atomic mass is 16.2. The number of piperidine rings is 1. The van der Waals surface area contributed by atoms with Gasteiger partial charge in [0.25, 0.3) is 0 Å². The Morgan fingerprint density at radius 1 is 0.947 bits per heavy atom. The number of fused-ring (bicyclic) bond motifs is 6. The standard InChI is InChI=1S/C16H24N2O/c19-16(15-13-9-1-2-10(5-9)14(13)15)18-4-3-11-6-17-7-12(11)8-18/h9-15,17H,1-8H2. The number of nitrogens with one attached hydrogen (secondary N) is 1. The second-order valence-corrected chi connectivity index (χ2v) is 7.77. The predicted molar refractivity (Wildman–Crippen MR) is 72.3 cm³/mol. The summed E-state index contributed by atoms with van der Waals surface area (Å²) in [4.78, 5) is 15.0. The van der Waals surface area contributed by atoms with Crippen LogP contribution < -0.4 is 5.32 Å². The van der Waals surface area contributed by atoms with Crippen molar-refractivity contribution >= 4 is 5.91 Å². The van der Waals surface area contributed by atoms with Crippen LogP contribution in [0.15, 0.2) is 0 Å². The Hall–Kier alpha value is -0.570. The largest absolute Gasteiger partial charge is 0.342 e. The smallest absolute Gasteiger partial charge is 0.226 e. The molecule has 3 saturated carbocycles. The molecule has 5 aliphatic rings. The zero-order chi connectivity index (χ0) is 12.6. The van der Waals surface area contributed by atoms with Crippen molar-refractivity contribution in [2.75, 3.05) is 26.2 Å². The molecule has 0 aromatic carbocycles. The van der Waals surface area contributed by atoms with Gasteiger partial charge in [-0.05, 0) is 74.3 Å². The van der Waals surface area contributed by atoms with E-state index in [0.29, 0.717) is 11.8 Å². The third-order valence-corrected chi connectivity index (χ3v) is 7.04. The molecule has 2 bridgehead atoms. The number of carbonyl (C=O) groups is 1. The molecule has 1 amide bonds. The Kier molecular flexibility index (Phi) is 2.20. The van der Waals surface area contributed by atoms with E-state index in [1.807, 2.05) is 0 Å². The lowest BCUT2D eigenvalue weighted by atomic mass is 9.88. The summed E-state index contributed by atoms with van der Waals surface area (Å²) in [6.07, 6.45) is 5.53. The maximum atomic E-state index is 12.8. The van der Waals surface area contributed by atoms with Crippen LogP contribution in [0.3, 0.4) is 0 Å². The molecule has 0 spiro atoms. The normalized spacial score (nSPS) is 54.1. The van der Waals surface area contributed by atoms with E-state index in [4.69, 9.17) is 0 Å². The summed E-state index contributed by atoms with van der Waals surface area (Å²) in [6.45, 7) is 4.40. The molecule has 19 heavy (non-hydrogen) atoms. The summed E-state index contributed by atoms with van der Waals surface area (Å²) in [7, 11) is 0. The number of carbonyl (C=O) groups excluding carboxylic acids is 1. The zero-order valence-corrected chi connectivity index (χ0v) is 11.6. The summed E-state index contributed by atoms with van der Waals surface area (Å²) in [5.74, 6) is 6.06. The fourth-order valence-corrected chi connectivity index (χ4v) is 6.10. The van der Waals surface area contributed by atoms with Gasteiger partial charge in [-0.1, -0.05) is 0 Å². The molecular weight excluding hydrogens is 236 g/mol. The van der Waals surface area contributed by atoms with Gasteiger partial charge >= 0.3 is 0 Å². The van der Waals surface area contributed by atoms with E-state index in [0.717, 1.165) is 55.1 Å². The van der Waals surface area contributed by atoms with E-state index in [1.54, 1.807) is 0 Å². The molecule has 6 atom stereocenters. The molecule has 0 radical (unpaired) electrons. The van der Waals surface area contributed by atoms with Crippen LogP contribution in [0.5, 0.6) is 0 Å². The van der Waals surface area contributed by atoms with Crippen LogP contribution in [0.25, 0.3) is 0 Å². The van der Waals surface area contributed by atoms with Gasteiger partial charge in [0.2, 0.25) is 5.91 Å². The van der Waals surface area contributed by atoms with E-state index >= 15 is 0 Å². The first-order valence-electron chi connectivity index (χ1n) is 8.32. The highest BCUT2D eigenvalue weighted by molar-refractivity contribution is 5.83. The third-order valence-electron chi connectivity index (χ3n) is 7.04. The van der Waals surface area contributed by atoms with Gasteiger partial charge in [-0.15, -0.1) is 0 Å². The van der Waals surface area contributed by atoms with Crippen molar-refractivity contribution in [2.45, 2.75) is 25.7 Å². The van der Waals surface area contributed by atoms with Crippen LogP contribution in [0.4, 0.5) is 0 Å². The maximum Gasteiger partial charge on any atom is 0.226 e. The van der Waals surface area contributed by atoms with E-state index in [1.165, 1.54) is 32.2 Å². The van der Waals surface area contributed by atoms with Gasteiger partial charge in [0.15, 0.2) is 0 Å². The van der Waals surface area contributed by atoms with Crippen molar-refractivity contribution in [1.29, 1.82) is 0 Å². The average molecular weight is 260 g/mol. The number of rotatable bonds is 1. The van der Waals surface area contributed by atoms with Gasteiger partial charge in [-0.3, -0.25) is 4.79 Å². The van der Waals surface area contributed by atoms with Crippen LogP contribution in [0.1, 0.15) is 25.7 Å². The SMILES string of the molecule is O=C(C1C2C3CCC(C3)C12)N1CCC2CNCC2C1. The summed E-state index contributed by atoms with van der Waals surface area (Å²) in [5, 5.41) is 3.49. The fraction of sp³-hybridized carbons (Fsp3) is 0.938. The van der Waals surface area contributed by atoms with Crippen molar-refractivity contribution in [3.8, 4) is 0 Å². The van der Waals surface area contributed by atoms with E-state index in [9.17, 15) is 4.79 Å². The summed E-state index contributed by atoms with van der Waals surface area (Å²) >= 11 is 0. The molecule has 1 N–H and O–H groups in total. The number of hydrogen-bond acceptors (Lipinski definition) is 2. The molecule has 5 fully saturated rings. The van der Waals surface area contributed by atoms with E-state index < -0.39 is 0 Å². The molecule has 3 nitrogen and oxygen atoms in total. The molecule has 2 aliphatic heterocycles. The van der Waals surface area contributed by atoms with Crippen molar-refractivity contribution in [3.63, 3.8) is 0 Å². The molecule has 3 aliphatic carbocycles. The third kappa shape index (κ3) is 1.45. The first-order chi connectivity index (χ1) is 9.33. The summed E-state index contributed by atoms with van der Waals surface area (Å²) in [6, 6.07) is 0. The van der Waals surface area contributed by atoms with E-state index in [2.05, 4.69) is 10.2 Å². The van der Waals surface area contributed by atoms with Crippen LogP contribution in [0, 0.1) is 41.4 Å². The lowest BCUT2D eigenvalue weighted by Gasteiger charge is -2.35. The molecule has 104 valence electrons. The number of likely N-dealkylation sites (tertiary alicyclic amines) is 1. The molecule has 2 heterocycles. The van der Waals surface area contributed by atoms with Crippen molar-refractivity contribution in [3.05, 3.63) is 0 Å². The van der Waals surface area contributed by atoms with Crippen molar-refractivity contribution < 1.29 is 4.79 Å². The number of nitrogens with zero attached hydrogens (tertiary/aromatic N) is 1. The van der Waals surface area contributed by atoms with Crippen LogP contribution in [0.2, 0.25) is 0 Å². The predicted octanol–water partition coefficient (Wildman–Crippen LogP) is 1.35. The quantitative estimate of drug-likeness (QED) is 0.772. The Morgan fingerprint density at radius 2 is 1.68 bits per heavy atom. The first kappa shape index (κ1) is 11.1. The topological polar surface area (TPSA) is 32.3 Å². The zero-order valence-electron chi connectivity index (χ0n) is 11.6. The minimum atomic E-state index is 0.456. The molecular formula is C16H24N2O. The van der Waals surface area contributed by atoms with E-state index in [-0.39, 0.29) is 0 Å². The van der Waals surface area contributed by atoms with Crippen LogP contribution >= 0.6 is 0 Å². The Balaban J connectivity index is 1.29. The van der Waals surface area contributed by atoms with Gasteiger partial charge in [0, 0.05) is 19.0 Å². The highest BCUT2D eigenvalue weighted by Crippen LogP contribution is 2.69. The Morgan fingerprint density at radius 3 is 2.47 bits per heavy atom. The monoisotopic (exact) mass is 260 g/mol. The molecule has 2 saturated heterocycles. The van der Waals surface area contributed by atoms with Gasteiger partial charge in [0.1, 0.15) is 0 Å². The van der Waals surface area contributed by atoms with Crippen LogP contribution in [-0.4, -0.2) is 37.0 Å². The first-order valence-corrected chi connectivity index (χ1v) is 8.32. The summed E-state index contributed by atoms with van der Waals surface area (Å²) in [5.41, 5.74) is 0.